The molecule has 0 saturated carbocycles. The van der Waals surface area contributed by atoms with Crippen molar-refractivity contribution in [3.63, 3.8) is 0 Å². The lowest BCUT2D eigenvalue weighted by Gasteiger charge is -2.14. The zero-order chi connectivity index (χ0) is 19.6. The third kappa shape index (κ3) is 3.14. The third-order valence-corrected chi connectivity index (χ3v) is 5.29. The van der Waals surface area contributed by atoms with Gasteiger partial charge in [0.05, 0.1) is 36.3 Å². The summed E-state index contributed by atoms with van der Waals surface area (Å²) in [5.74, 6) is 1.41. The van der Waals surface area contributed by atoms with Gasteiger partial charge in [-0.2, -0.15) is 5.26 Å². The minimum Gasteiger partial charge on any atom is -0.454 e. The molecule has 0 amide bonds. The Labute approximate surface area is 168 Å². The quantitative estimate of drug-likeness (QED) is 0.480. The van der Waals surface area contributed by atoms with E-state index in [0.717, 1.165) is 41.3 Å². The van der Waals surface area contributed by atoms with Gasteiger partial charge >= 0.3 is 0 Å². The van der Waals surface area contributed by atoms with Crippen LogP contribution in [0.4, 0.5) is 0 Å². The molecule has 0 aliphatic carbocycles. The summed E-state index contributed by atoms with van der Waals surface area (Å²) in [5.41, 5.74) is 4.24. The fraction of sp³-hybridized carbons (Fsp3) is 0.167. The standard InChI is InChI=1S/C24H19N3O2/c25-14-18-8-4-5-9-20(18)21-10-11-22(29-21)24-23(17-6-2-1-3-7-17)26-16-27(24)19-12-13-28-15-19/h1-11,16,19H,12-13,15H2/t19-/m1/s1. The maximum absolute atomic E-state index is 9.43. The summed E-state index contributed by atoms with van der Waals surface area (Å²) in [5, 5.41) is 9.43. The summed E-state index contributed by atoms with van der Waals surface area (Å²) < 4.78 is 14.0. The first-order valence-electron chi connectivity index (χ1n) is 9.65. The lowest BCUT2D eigenvalue weighted by molar-refractivity contribution is 0.186. The molecule has 142 valence electrons. The van der Waals surface area contributed by atoms with E-state index in [1.165, 1.54) is 0 Å². The fourth-order valence-electron chi connectivity index (χ4n) is 3.84. The van der Waals surface area contributed by atoms with Gasteiger partial charge in [0.25, 0.3) is 0 Å². The molecule has 0 spiro atoms. The molecule has 1 saturated heterocycles. The maximum Gasteiger partial charge on any atom is 0.153 e. The van der Waals surface area contributed by atoms with Crippen LogP contribution in [-0.4, -0.2) is 22.8 Å². The van der Waals surface area contributed by atoms with Gasteiger partial charge in [-0.15, -0.1) is 0 Å². The van der Waals surface area contributed by atoms with Crippen LogP contribution in [0.15, 0.2) is 77.5 Å². The average molecular weight is 381 g/mol. The highest BCUT2D eigenvalue weighted by atomic mass is 16.5. The molecule has 2 aromatic carbocycles. The van der Waals surface area contributed by atoms with Gasteiger partial charge in [0.15, 0.2) is 5.76 Å². The first kappa shape index (κ1) is 17.5. The Bertz CT molecular complexity index is 1180. The summed E-state index contributed by atoms with van der Waals surface area (Å²) in [6, 6.07) is 23.9. The summed E-state index contributed by atoms with van der Waals surface area (Å²) in [4.78, 5) is 4.72. The lowest BCUT2D eigenvalue weighted by Crippen LogP contribution is -2.08. The molecule has 0 unspecified atom stereocenters. The maximum atomic E-state index is 9.43. The second-order valence-corrected chi connectivity index (χ2v) is 7.05. The number of imidazole rings is 1. The van der Waals surface area contributed by atoms with E-state index in [2.05, 4.69) is 22.8 Å². The van der Waals surface area contributed by atoms with E-state index in [4.69, 9.17) is 14.1 Å². The average Bonchev–Trinajstić information content (AvgIpc) is 3.54. The van der Waals surface area contributed by atoms with Crippen molar-refractivity contribution in [1.82, 2.24) is 9.55 Å². The highest BCUT2D eigenvalue weighted by Gasteiger charge is 2.25. The van der Waals surface area contributed by atoms with Crippen LogP contribution in [0.5, 0.6) is 0 Å². The summed E-state index contributed by atoms with van der Waals surface area (Å²) in [6.07, 6.45) is 2.82. The van der Waals surface area contributed by atoms with Gasteiger partial charge in [0.1, 0.15) is 11.5 Å². The molecular formula is C24H19N3O2. The van der Waals surface area contributed by atoms with Crippen molar-refractivity contribution in [2.24, 2.45) is 0 Å². The minimum atomic E-state index is 0.231. The molecule has 0 radical (unpaired) electrons. The Morgan fingerprint density at radius 1 is 0.966 bits per heavy atom. The molecule has 3 heterocycles. The summed E-state index contributed by atoms with van der Waals surface area (Å²) in [7, 11) is 0. The second kappa shape index (κ2) is 7.42. The van der Waals surface area contributed by atoms with Crippen LogP contribution in [0.1, 0.15) is 18.0 Å². The Morgan fingerprint density at radius 3 is 2.55 bits per heavy atom. The number of rotatable bonds is 4. The first-order chi connectivity index (χ1) is 14.3. The predicted molar refractivity (Wildman–Crippen MR) is 110 cm³/mol. The van der Waals surface area contributed by atoms with Crippen molar-refractivity contribution in [2.45, 2.75) is 12.5 Å². The molecule has 5 heteroatoms. The minimum absolute atomic E-state index is 0.231. The molecule has 1 atom stereocenters. The van der Waals surface area contributed by atoms with Gasteiger partial charge in [-0.3, -0.25) is 0 Å². The van der Waals surface area contributed by atoms with E-state index in [9.17, 15) is 5.26 Å². The SMILES string of the molecule is N#Cc1ccccc1-c1ccc(-c2c(-c3ccccc3)ncn2[C@@H]2CCOC2)o1. The number of hydrogen-bond acceptors (Lipinski definition) is 4. The highest BCUT2D eigenvalue weighted by Crippen LogP contribution is 2.38. The molecule has 0 N–H and O–H groups in total. The Balaban J connectivity index is 1.65. The van der Waals surface area contributed by atoms with Gasteiger partial charge in [-0.25, -0.2) is 4.98 Å². The van der Waals surface area contributed by atoms with Gasteiger partial charge in [-0.1, -0.05) is 42.5 Å². The molecule has 2 aromatic heterocycles. The molecule has 1 fully saturated rings. The number of aromatic nitrogens is 2. The number of nitrogens with zero attached hydrogens (tertiary/aromatic N) is 3. The van der Waals surface area contributed by atoms with E-state index in [1.807, 2.05) is 54.9 Å². The molecule has 1 aliphatic heterocycles. The number of hydrogen-bond donors (Lipinski definition) is 0. The van der Waals surface area contributed by atoms with Crippen LogP contribution in [0.2, 0.25) is 0 Å². The lowest BCUT2D eigenvalue weighted by atomic mass is 10.1. The van der Waals surface area contributed by atoms with Crippen LogP contribution >= 0.6 is 0 Å². The highest BCUT2D eigenvalue weighted by molar-refractivity contribution is 5.78. The monoisotopic (exact) mass is 381 g/mol. The smallest absolute Gasteiger partial charge is 0.153 e. The summed E-state index contributed by atoms with van der Waals surface area (Å²) in [6.45, 7) is 1.42. The van der Waals surface area contributed by atoms with Gasteiger partial charge in [0, 0.05) is 17.7 Å². The second-order valence-electron chi connectivity index (χ2n) is 7.05. The van der Waals surface area contributed by atoms with E-state index in [-0.39, 0.29) is 6.04 Å². The molecular weight excluding hydrogens is 362 g/mol. The summed E-state index contributed by atoms with van der Waals surface area (Å²) >= 11 is 0. The molecule has 4 aromatic rings. The molecule has 5 nitrogen and oxygen atoms in total. The van der Waals surface area contributed by atoms with Gasteiger partial charge in [-0.05, 0) is 30.7 Å². The number of benzene rings is 2. The number of furan rings is 1. The third-order valence-electron chi connectivity index (χ3n) is 5.29. The molecule has 0 bridgehead atoms. The Morgan fingerprint density at radius 2 is 1.76 bits per heavy atom. The van der Waals surface area contributed by atoms with E-state index in [1.54, 1.807) is 6.07 Å². The predicted octanol–water partition coefficient (Wildman–Crippen LogP) is 5.31. The Kier molecular flexibility index (Phi) is 4.47. The van der Waals surface area contributed by atoms with E-state index >= 15 is 0 Å². The van der Waals surface area contributed by atoms with Crippen LogP contribution < -0.4 is 0 Å². The topological polar surface area (TPSA) is 64.0 Å². The van der Waals surface area contributed by atoms with Crippen molar-refractivity contribution in [3.8, 4) is 40.1 Å². The van der Waals surface area contributed by atoms with Gasteiger partial charge in [0.2, 0.25) is 0 Å². The van der Waals surface area contributed by atoms with Crippen molar-refractivity contribution >= 4 is 0 Å². The molecule has 5 rings (SSSR count). The van der Waals surface area contributed by atoms with Crippen LogP contribution in [0.3, 0.4) is 0 Å². The van der Waals surface area contributed by atoms with Gasteiger partial charge < -0.3 is 13.7 Å². The van der Waals surface area contributed by atoms with Crippen LogP contribution in [0, 0.1) is 11.3 Å². The van der Waals surface area contributed by atoms with Crippen LogP contribution in [0.25, 0.3) is 34.0 Å². The number of ether oxygens (including phenoxy) is 1. The number of nitriles is 1. The normalized spacial score (nSPS) is 16.0. The fourth-order valence-corrected chi connectivity index (χ4v) is 3.84. The Hall–Kier alpha value is -3.62. The largest absolute Gasteiger partial charge is 0.454 e. The molecule has 1 aliphatic rings. The van der Waals surface area contributed by atoms with Crippen molar-refractivity contribution < 1.29 is 9.15 Å². The van der Waals surface area contributed by atoms with Crippen molar-refractivity contribution in [1.29, 1.82) is 5.26 Å². The van der Waals surface area contributed by atoms with Crippen LogP contribution in [-0.2, 0) is 4.74 Å². The molecule has 29 heavy (non-hydrogen) atoms. The van der Waals surface area contributed by atoms with E-state index < -0.39 is 0 Å². The van der Waals surface area contributed by atoms with E-state index in [0.29, 0.717) is 17.9 Å². The zero-order valence-electron chi connectivity index (χ0n) is 15.8. The zero-order valence-corrected chi connectivity index (χ0v) is 15.8. The van der Waals surface area contributed by atoms with Crippen molar-refractivity contribution in [3.05, 3.63) is 78.6 Å². The van der Waals surface area contributed by atoms with Crippen molar-refractivity contribution in [2.75, 3.05) is 13.2 Å². The first-order valence-corrected chi connectivity index (χ1v) is 9.65.